The number of carbonyl (C=O) groups excluding carboxylic acids is 1. The molecule has 0 aromatic carbocycles. The zero-order valence-electron chi connectivity index (χ0n) is 7.61. The second-order valence-corrected chi connectivity index (χ2v) is 2.83. The maximum atomic E-state index is 11.4. The first-order valence-electron chi connectivity index (χ1n) is 3.97. The van der Waals surface area contributed by atoms with Crippen molar-refractivity contribution in [1.29, 1.82) is 5.26 Å². The molecule has 0 spiro atoms. The largest absolute Gasteiger partial charge is 0.347 e. The van der Waals surface area contributed by atoms with Gasteiger partial charge in [-0.1, -0.05) is 0 Å². The SMILES string of the molecule is CC(C#N)NC(=O)c1cccn1C. The lowest BCUT2D eigenvalue weighted by Gasteiger charge is -2.06. The van der Waals surface area contributed by atoms with Crippen molar-refractivity contribution in [3.05, 3.63) is 24.0 Å². The van der Waals surface area contributed by atoms with Gasteiger partial charge in [0, 0.05) is 13.2 Å². The number of carbonyl (C=O) groups is 1. The number of nitrogens with one attached hydrogen (secondary N) is 1. The summed E-state index contributed by atoms with van der Waals surface area (Å²) in [7, 11) is 1.78. The summed E-state index contributed by atoms with van der Waals surface area (Å²) in [5, 5.41) is 11.0. The molecule has 4 nitrogen and oxygen atoms in total. The van der Waals surface area contributed by atoms with Gasteiger partial charge in [-0.05, 0) is 19.1 Å². The summed E-state index contributed by atoms with van der Waals surface area (Å²) in [5.74, 6) is -0.221. The molecule has 0 aliphatic carbocycles. The summed E-state index contributed by atoms with van der Waals surface area (Å²) in [4.78, 5) is 11.4. The van der Waals surface area contributed by atoms with E-state index in [4.69, 9.17) is 5.26 Å². The molecule has 1 unspecified atom stereocenters. The Balaban J connectivity index is 2.71. The molecule has 1 amide bonds. The van der Waals surface area contributed by atoms with Gasteiger partial charge in [-0.3, -0.25) is 4.79 Å². The number of amides is 1. The molecule has 0 saturated carbocycles. The highest BCUT2D eigenvalue weighted by atomic mass is 16.2. The van der Waals surface area contributed by atoms with E-state index < -0.39 is 6.04 Å². The summed E-state index contributed by atoms with van der Waals surface area (Å²) >= 11 is 0. The van der Waals surface area contributed by atoms with Gasteiger partial charge >= 0.3 is 0 Å². The molecule has 0 saturated heterocycles. The van der Waals surface area contributed by atoms with E-state index in [9.17, 15) is 4.79 Å². The van der Waals surface area contributed by atoms with Gasteiger partial charge in [0.2, 0.25) is 0 Å². The van der Waals surface area contributed by atoms with Crippen LogP contribution >= 0.6 is 0 Å². The van der Waals surface area contributed by atoms with E-state index in [-0.39, 0.29) is 5.91 Å². The van der Waals surface area contributed by atoms with Crippen LogP contribution in [-0.4, -0.2) is 16.5 Å². The molecule has 1 heterocycles. The van der Waals surface area contributed by atoms with Gasteiger partial charge in [-0.15, -0.1) is 0 Å². The summed E-state index contributed by atoms with van der Waals surface area (Å²) in [5.41, 5.74) is 0.558. The van der Waals surface area contributed by atoms with Gasteiger partial charge in [-0.2, -0.15) is 5.26 Å². The Labute approximate surface area is 76.8 Å². The van der Waals surface area contributed by atoms with E-state index in [0.29, 0.717) is 5.69 Å². The minimum Gasteiger partial charge on any atom is -0.347 e. The van der Waals surface area contributed by atoms with Crippen LogP contribution in [0.15, 0.2) is 18.3 Å². The van der Waals surface area contributed by atoms with Gasteiger partial charge < -0.3 is 9.88 Å². The van der Waals surface area contributed by atoms with Crippen molar-refractivity contribution < 1.29 is 4.79 Å². The highest BCUT2D eigenvalue weighted by Gasteiger charge is 2.10. The molecule has 1 aromatic rings. The second kappa shape index (κ2) is 3.76. The Morgan fingerprint density at radius 2 is 2.46 bits per heavy atom. The first-order valence-corrected chi connectivity index (χ1v) is 3.97. The Hall–Kier alpha value is -1.76. The van der Waals surface area contributed by atoms with Gasteiger partial charge in [0.25, 0.3) is 5.91 Å². The maximum absolute atomic E-state index is 11.4. The zero-order valence-corrected chi connectivity index (χ0v) is 7.61. The van der Waals surface area contributed by atoms with Crippen LogP contribution in [0, 0.1) is 11.3 Å². The molecule has 0 aliphatic heterocycles. The minimum atomic E-state index is -0.456. The van der Waals surface area contributed by atoms with Crippen molar-refractivity contribution in [2.45, 2.75) is 13.0 Å². The van der Waals surface area contributed by atoms with E-state index in [2.05, 4.69) is 5.32 Å². The van der Waals surface area contributed by atoms with Crippen LogP contribution in [-0.2, 0) is 7.05 Å². The average Bonchev–Trinajstić information content (AvgIpc) is 2.51. The number of rotatable bonds is 2. The summed E-state index contributed by atoms with van der Waals surface area (Å²) in [6.07, 6.45) is 1.78. The predicted molar refractivity (Wildman–Crippen MR) is 48.0 cm³/mol. The smallest absolute Gasteiger partial charge is 0.268 e. The van der Waals surface area contributed by atoms with E-state index in [1.165, 1.54) is 0 Å². The quantitative estimate of drug-likeness (QED) is 0.721. The van der Waals surface area contributed by atoms with Crippen LogP contribution in [0.4, 0.5) is 0 Å². The first kappa shape index (κ1) is 9.33. The van der Waals surface area contributed by atoms with Crippen LogP contribution in [0.1, 0.15) is 17.4 Å². The Bertz CT molecular complexity index is 348. The normalized spacial score (nSPS) is 11.8. The van der Waals surface area contributed by atoms with Crippen LogP contribution in [0.3, 0.4) is 0 Å². The van der Waals surface area contributed by atoms with Gasteiger partial charge in [-0.25, -0.2) is 0 Å². The zero-order chi connectivity index (χ0) is 9.84. The molecular formula is C9H11N3O. The van der Waals surface area contributed by atoms with Crippen LogP contribution in [0.5, 0.6) is 0 Å². The number of hydrogen-bond donors (Lipinski definition) is 1. The highest BCUT2D eigenvalue weighted by Crippen LogP contribution is 1.99. The molecule has 68 valence electrons. The van der Waals surface area contributed by atoms with Gasteiger partial charge in [0.15, 0.2) is 0 Å². The van der Waals surface area contributed by atoms with Crippen molar-refractivity contribution in [3.8, 4) is 6.07 Å². The molecule has 4 heteroatoms. The number of aromatic nitrogens is 1. The van der Waals surface area contributed by atoms with Crippen LogP contribution < -0.4 is 5.32 Å². The van der Waals surface area contributed by atoms with Crippen LogP contribution in [0.2, 0.25) is 0 Å². The lowest BCUT2D eigenvalue weighted by atomic mass is 10.3. The fourth-order valence-electron chi connectivity index (χ4n) is 1.000. The number of aryl methyl sites for hydroxylation is 1. The molecule has 1 N–H and O–H groups in total. The topological polar surface area (TPSA) is 57.8 Å². The summed E-state index contributed by atoms with van der Waals surface area (Å²) < 4.78 is 1.71. The Morgan fingerprint density at radius 3 is 2.92 bits per heavy atom. The average molecular weight is 177 g/mol. The molecule has 0 bridgehead atoms. The number of hydrogen-bond acceptors (Lipinski definition) is 2. The van der Waals surface area contributed by atoms with Crippen LogP contribution in [0.25, 0.3) is 0 Å². The van der Waals surface area contributed by atoms with Crippen molar-refractivity contribution in [1.82, 2.24) is 9.88 Å². The fraction of sp³-hybridized carbons (Fsp3) is 0.333. The van der Waals surface area contributed by atoms with Crippen molar-refractivity contribution in [2.24, 2.45) is 7.05 Å². The molecule has 0 aliphatic rings. The monoisotopic (exact) mass is 177 g/mol. The predicted octanol–water partition coefficient (Wildman–Crippen LogP) is 0.667. The molecule has 0 fully saturated rings. The van der Waals surface area contributed by atoms with Crippen molar-refractivity contribution in [2.75, 3.05) is 0 Å². The maximum Gasteiger partial charge on any atom is 0.268 e. The van der Waals surface area contributed by atoms with Crippen molar-refractivity contribution in [3.63, 3.8) is 0 Å². The minimum absolute atomic E-state index is 0.221. The third-order valence-electron chi connectivity index (χ3n) is 1.72. The number of nitriles is 1. The van der Waals surface area contributed by atoms with Gasteiger partial charge in [0.1, 0.15) is 11.7 Å². The lowest BCUT2D eigenvalue weighted by Crippen LogP contribution is -2.32. The number of nitrogens with zero attached hydrogens (tertiary/aromatic N) is 2. The lowest BCUT2D eigenvalue weighted by molar-refractivity contribution is 0.0939. The fourth-order valence-corrected chi connectivity index (χ4v) is 1.000. The van der Waals surface area contributed by atoms with E-state index >= 15 is 0 Å². The second-order valence-electron chi connectivity index (χ2n) is 2.83. The van der Waals surface area contributed by atoms with E-state index in [0.717, 1.165) is 0 Å². The Kier molecular flexibility index (Phi) is 2.70. The molecule has 13 heavy (non-hydrogen) atoms. The molecular weight excluding hydrogens is 166 g/mol. The molecule has 1 atom stereocenters. The summed E-state index contributed by atoms with van der Waals surface area (Å²) in [6, 6.07) is 4.97. The molecule has 1 aromatic heterocycles. The van der Waals surface area contributed by atoms with Gasteiger partial charge in [0.05, 0.1) is 6.07 Å². The standard InChI is InChI=1S/C9H11N3O/c1-7(6-10)11-9(13)8-4-3-5-12(8)2/h3-5,7H,1-2H3,(H,11,13). The van der Waals surface area contributed by atoms with Crippen molar-refractivity contribution >= 4 is 5.91 Å². The summed E-state index contributed by atoms with van der Waals surface area (Å²) in [6.45, 7) is 1.64. The van der Waals surface area contributed by atoms with E-state index in [1.54, 1.807) is 36.9 Å². The molecule has 0 radical (unpaired) electrons. The third-order valence-corrected chi connectivity index (χ3v) is 1.72. The highest BCUT2D eigenvalue weighted by molar-refractivity contribution is 5.93. The Morgan fingerprint density at radius 1 is 1.77 bits per heavy atom. The molecule has 1 rings (SSSR count). The van der Waals surface area contributed by atoms with E-state index in [1.807, 2.05) is 6.07 Å². The third kappa shape index (κ3) is 2.09. The first-order chi connectivity index (χ1) is 6.15.